The average molecular weight is 213 g/mol. The molecule has 76 valence electrons. The Balaban J connectivity index is 2.90. The molecule has 0 radical (unpaired) electrons. The number of hydrogen-bond acceptors (Lipinski definition) is 1. The molecule has 0 aliphatic rings. The summed E-state index contributed by atoms with van der Waals surface area (Å²) in [6.07, 6.45) is 1.72. The van der Waals surface area contributed by atoms with E-state index in [0.717, 1.165) is 24.0 Å². The quantitative estimate of drug-likeness (QED) is 0.780. The van der Waals surface area contributed by atoms with Gasteiger partial charge in [0.25, 0.3) is 0 Å². The Morgan fingerprint density at radius 1 is 1.50 bits per heavy atom. The number of benzene rings is 1. The zero-order valence-corrected chi connectivity index (χ0v) is 8.84. The molecule has 1 aromatic rings. The van der Waals surface area contributed by atoms with Crippen LogP contribution in [0.4, 0.5) is 0 Å². The summed E-state index contributed by atoms with van der Waals surface area (Å²) in [6, 6.07) is 5.19. The molecule has 0 aliphatic heterocycles. The van der Waals surface area contributed by atoms with E-state index < -0.39 is 5.97 Å². The Bertz CT molecular complexity index is 334. The van der Waals surface area contributed by atoms with Gasteiger partial charge in [-0.05, 0) is 43.0 Å². The van der Waals surface area contributed by atoms with Crippen molar-refractivity contribution in [2.24, 2.45) is 0 Å². The molecule has 1 rings (SSSR count). The number of aryl methyl sites for hydroxylation is 2. The second-order valence-electron chi connectivity index (χ2n) is 3.24. The van der Waals surface area contributed by atoms with Crippen molar-refractivity contribution in [3.05, 3.63) is 34.9 Å². The van der Waals surface area contributed by atoms with E-state index in [1.54, 1.807) is 12.1 Å². The van der Waals surface area contributed by atoms with Crippen molar-refractivity contribution >= 4 is 17.6 Å². The number of carboxylic acid groups (broad SMARTS) is 1. The fourth-order valence-electron chi connectivity index (χ4n) is 1.33. The molecule has 0 spiro atoms. The number of carboxylic acids is 1. The van der Waals surface area contributed by atoms with E-state index in [4.69, 9.17) is 16.7 Å². The molecule has 1 aromatic carbocycles. The van der Waals surface area contributed by atoms with E-state index in [1.807, 2.05) is 13.0 Å². The zero-order valence-electron chi connectivity index (χ0n) is 8.09. The van der Waals surface area contributed by atoms with Crippen LogP contribution in [0.3, 0.4) is 0 Å². The predicted molar refractivity (Wildman–Crippen MR) is 57.2 cm³/mol. The maximum atomic E-state index is 10.7. The van der Waals surface area contributed by atoms with Crippen molar-refractivity contribution in [3.8, 4) is 0 Å². The van der Waals surface area contributed by atoms with Crippen molar-refractivity contribution in [1.29, 1.82) is 0 Å². The summed E-state index contributed by atoms with van der Waals surface area (Å²) < 4.78 is 0. The van der Waals surface area contributed by atoms with Crippen LogP contribution >= 0.6 is 11.6 Å². The van der Waals surface area contributed by atoms with E-state index in [2.05, 4.69) is 0 Å². The Morgan fingerprint density at radius 2 is 2.21 bits per heavy atom. The van der Waals surface area contributed by atoms with Crippen LogP contribution in [-0.4, -0.2) is 17.0 Å². The molecular weight excluding hydrogens is 200 g/mol. The molecular formula is C11H13ClO2. The SMILES string of the molecule is Cc1ccc(C(=O)O)cc1CCCCl. The van der Waals surface area contributed by atoms with Crippen LogP contribution in [0, 0.1) is 6.92 Å². The van der Waals surface area contributed by atoms with Crippen molar-refractivity contribution in [2.45, 2.75) is 19.8 Å². The Morgan fingerprint density at radius 3 is 2.79 bits per heavy atom. The van der Waals surface area contributed by atoms with Gasteiger partial charge in [0.2, 0.25) is 0 Å². The van der Waals surface area contributed by atoms with Crippen molar-refractivity contribution < 1.29 is 9.90 Å². The fourth-order valence-corrected chi connectivity index (χ4v) is 1.46. The summed E-state index contributed by atoms with van der Waals surface area (Å²) in [7, 11) is 0. The lowest BCUT2D eigenvalue weighted by Crippen LogP contribution is -1.99. The predicted octanol–water partition coefficient (Wildman–Crippen LogP) is 2.86. The molecule has 1 N–H and O–H groups in total. The minimum absolute atomic E-state index is 0.347. The molecule has 0 saturated heterocycles. The third-order valence-electron chi connectivity index (χ3n) is 2.18. The first-order valence-corrected chi connectivity index (χ1v) is 5.07. The van der Waals surface area contributed by atoms with Gasteiger partial charge < -0.3 is 5.11 Å². The molecule has 0 amide bonds. The van der Waals surface area contributed by atoms with Crippen LogP contribution in [-0.2, 0) is 6.42 Å². The van der Waals surface area contributed by atoms with Crippen LogP contribution in [0.25, 0.3) is 0 Å². The Labute approximate surface area is 88.5 Å². The van der Waals surface area contributed by atoms with Gasteiger partial charge in [0.15, 0.2) is 0 Å². The second-order valence-corrected chi connectivity index (χ2v) is 3.62. The van der Waals surface area contributed by atoms with Crippen LogP contribution in [0.1, 0.15) is 27.9 Å². The number of aromatic carboxylic acids is 1. The van der Waals surface area contributed by atoms with Crippen LogP contribution in [0.15, 0.2) is 18.2 Å². The smallest absolute Gasteiger partial charge is 0.335 e. The second kappa shape index (κ2) is 5.01. The van der Waals surface area contributed by atoms with Gasteiger partial charge >= 0.3 is 5.97 Å². The molecule has 0 saturated carbocycles. The molecule has 0 bridgehead atoms. The first kappa shape index (κ1) is 11.1. The first-order chi connectivity index (χ1) is 6.65. The molecule has 0 fully saturated rings. The van der Waals surface area contributed by atoms with Gasteiger partial charge in [-0.25, -0.2) is 4.79 Å². The highest BCUT2D eigenvalue weighted by Gasteiger charge is 2.05. The number of hydrogen-bond donors (Lipinski definition) is 1. The van der Waals surface area contributed by atoms with Gasteiger partial charge in [0, 0.05) is 5.88 Å². The van der Waals surface area contributed by atoms with E-state index in [9.17, 15) is 4.79 Å². The summed E-state index contributed by atoms with van der Waals surface area (Å²) in [5, 5.41) is 8.80. The number of rotatable bonds is 4. The highest BCUT2D eigenvalue weighted by atomic mass is 35.5. The molecule has 0 aromatic heterocycles. The monoisotopic (exact) mass is 212 g/mol. The average Bonchev–Trinajstić information content (AvgIpc) is 2.16. The largest absolute Gasteiger partial charge is 0.478 e. The maximum absolute atomic E-state index is 10.7. The molecule has 0 atom stereocenters. The number of halogens is 1. The molecule has 0 aliphatic carbocycles. The topological polar surface area (TPSA) is 37.3 Å². The molecule has 0 heterocycles. The summed E-state index contributed by atoms with van der Waals surface area (Å²) >= 11 is 5.59. The lowest BCUT2D eigenvalue weighted by atomic mass is 10.0. The summed E-state index contributed by atoms with van der Waals surface area (Å²) in [4.78, 5) is 10.7. The van der Waals surface area contributed by atoms with Gasteiger partial charge in [-0.1, -0.05) is 6.07 Å². The number of carbonyl (C=O) groups is 1. The van der Waals surface area contributed by atoms with Crippen molar-refractivity contribution in [2.75, 3.05) is 5.88 Å². The Hall–Kier alpha value is -1.02. The van der Waals surface area contributed by atoms with Crippen molar-refractivity contribution in [3.63, 3.8) is 0 Å². The fraction of sp³-hybridized carbons (Fsp3) is 0.364. The van der Waals surface area contributed by atoms with Gasteiger partial charge in [0.05, 0.1) is 5.56 Å². The van der Waals surface area contributed by atoms with Crippen LogP contribution < -0.4 is 0 Å². The standard InChI is InChI=1S/C11H13ClO2/c1-8-4-5-10(11(13)14)7-9(8)3-2-6-12/h4-5,7H,2-3,6H2,1H3,(H,13,14). The first-order valence-electron chi connectivity index (χ1n) is 4.54. The van der Waals surface area contributed by atoms with Gasteiger partial charge in [-0.3, -0.25) is 0 Å². The van der Waals surface area contributed by atoms with E-state index >= 15 is 0 Å². The van der Waals surface area contributed by atoms with E-state index in [-0.39, 0.29) is 0 Å². The maximum Gasteiger partial charge on any atom is 0.335 e. The summed E-state index contributed by atoms with van der Waals surface area (Å²) in [5.41, 5.74) is 2.55. The zero-order chi connectivity index (χ0) is 10.6. The summed E-state index contributed by atoms with van der Waals surface area (Å²) in [6.45, 7) is 1.98. The van der Waals surface area contributed by atoms with Crippen molar-refractivity contribution in [1.82, 2.24) is 0 Å². The highest BCUT2D eigenvalue weighted by molar-refractivity contribution is 6.17. The summed E-state index contributed by atoms with van der Waals surface area (Å²) in [5.74, 6) is -0.270. The molecule has 2 nitrogen and oxygen atoms in total. The molecule has 3 heteroatoms. The molecule has 14 heavy (non-hydrogen) atoms. The lowest BCUT2D eigenvalue weighted by molar-refractivity contribution is 0.0697. The normalized spacial score (nSPS) is 10.1. The molecule has 0 unspecified atom stereocenters. The third kappa shape index (κ3) is 2.74. The van der Waals surface area contributed by atoms with Crippen LogP contribution in [0.2, 0.25) is 0 Å². The van der Waals surface area contributed by atoms with Gasteiger partial charge in [-0.15, -0.1) is 11.6 Å². The highest BCUT2D eigenvalue weighted by Crippen LogP contribution is 2.13. The number of alkyl halides is 1. The van der Waals surface area contributed by atoms with Gasteiger partial charge in [-0.2, -0.15) is 0 Å². The van der Waals surface area contributed by atoms with Gasteiger partial charge in [0.1, 0.15) is 0 Å². The minimum atomic E-state index is -0.878. The third-order valence-corrected chi connectivity index (χ3v) is 2.44. The Kier molecular flexibility index (Phi) is 3.96. The van der Waals surface area contributed by atoms with Crippen LogP contribution in [0.5, 0.6) is 0 Å². The minimum Gasteiger partial charge on any atom is -0.478 e. The van der Waals surface area contributed by atoms with E-state index in [1.165, 1.54) is 0 Å². The lowest BCUT2D eigenvalue weighted by Gasteiger charge is -2.05. The van der Waals surface area contributed by atoms with E-state index in [0.29, 0.717) is 11.4 Å².